The van der Waals surface area contributed by atoms with E-state index >= 15 is 0 Å². The van der Waals surface area contributed by atoms with Crippen molar-refractivity contribution in [1.29, 1.82) is 0 Å². The molecule has 0 spiro atoms. The molecule has 1 rings (SSSR count). The van der Waals surface area contributed by atoms with Crippen LogP contribution in [0.1, 0.15) is 13.8 Å². The van der Waals surface area contributed by atoms with Gasteiger partial charge >= 0.3 is 0 Å². The fourth-order valence-corrected chi connectivity index (χ4v) is 1.30. The monoisotopic (exact) mass is 179 g/mol. The molecular formula is C7H14FNO3. The summed E-state index contributed by atoms with van der Waals surface area (Å²) in [7, 11) is 0. The molecule has 0 aromatic rings. The molecule has 12 heavy (non-hydrogen) atoms. The van der Waals surface area contributed by atoms with Crippen molar-refractivity contribution < 1.29 is 19.1 Å². The first kappa shape index (κ1) is 9.85. The molecule has 1 fully saturated rings. The van der Waals surface area contributed by atoms with Gasteiger partial charge in [0.2, 0.25) is 0 Å². The van der Waals surface area contributed by atoms with Gasteiger partial charge in [0, 0.05) is 0 Å². The van der Waals surface area contributed by atoms with Crippen molar-refractivity contribution in [2.75, 3.05) is 6.61 Å². The van der Waals surface area contributed by atoms with Gasteiger partial charge in [0.1, 0.15) is 12.2 Å². The van der Waals surface area contributed by atoms with Crippen LogP contribution in [-0.4, -0.2) is 35.7 Å². The van der Waals surface area contributed by atoms with E-state index in [0.29, 0.717) is 0 Å². The number of nitrogens with two attached hydrogens (primary N) is 1. The second-order valence-electron chi connectivity index (χ2n) is 3.25. The second kappa shape index (κ2) is 3.26. The molecule has 1 heterocycles. The summed E-state index contributed by atoms with van der Waals surface area (Å²) in [6, 6.07) is 0. The third-order valence-corrected chi connectivity index (χ3v) is 2.36. The molecule has 3 N–H and O–H groups in total. The maximum absolute atomic E-state index is 13.5. The first-order chi connectivity index (χ1) is 5.50. The minimum Gasteiger partial charge on any atom is -0.387 e. The minimum atomic E-state index is -1.72. The van der Waals surface area contributed by atoms with Crippen LogP contribution < -0.4 is 5.90 Å². The average molecular weight is 179 g/mol. The van der Waals surface area contributed by atoms with Crippen LogP contribution in [0.2, 0.25) is 0 Å². The largest absolute Gasteiger partial charge is 0.387 e. The van der Waals surface area contributed by atoms with Gasteiger partial charge in [-0.3, -0.25) is 0 Å². The van der Waals surface area contributed by atoms with Gasteiger partial charge in [-0.05, 0) is 13.8 Å². The van der Waals surface area contributed by atoms with E-state index in [-0.39, 0.29) is 6.61 Å². The summed E-state index contributed by atoms with van der Waals surface area (Å²) in [5, 5.41) is 9.38. The number of halogens is 1. The third kappa shape index (κ3) is 1.45. The molecule has 0 amide bonds. The van der Waals surface area contributed by atoms with Crippen molar-refractivity contribution in [2.24, 2.45) is 5.90 Å². The summed E-state index contributed by atoms with van der Waals surface area (Å²) < 4.78 is 18.6. The van der Waals surface area contributed by atoms with Gasteiger partial charge in [-0.25, -0.2) is 10.3 Å². The smallest absolute Gasteiger partial charge is 0.162 e. The summed E-state index contributed by atoms with van der Waals surface area (Å²) in [4.78, 5) is 4.29. The van der Waals surface area contributed by atoms with Crippen molar-refractivity contribution in [1.82, 2.24) is 0 Å². The van der Waals surface area contributed by atoms with E-state index in [1.54, 1.807) is 6.92 Å². The van der Waals surface area contributed by atoms with Crippen LogP contribution in [0.25, 0.3) is 0 Å². The van der Waals surface area contributed by atoms with Crippen LogP contribution in [0.5, 0.6) is 0 Å². The Kier molecular flexibility index (Phi) is 2.67. The SMILES string of the molecule is CC1OC(CON)C(O)C1(C)F. The zero-order chi connectivity index (χ0) is 9.35. The second-order valence-corrected chi connectivity index (χ2v) is 3.25. The first-order valence-electron chi connectivity index (χ1n) is 3.84. The molecular weight excluding hydrogens is 165 g/mol. The molecule has 0 saturated carbocycles. The Hall–Kier alpha value is -0.230. The Morgan fingerprint density at radius 3 is 2.67 bits per heavy atom. The molecule has 0 aromatic carbocycles. The van der Waals surface area contributed by atoms with Crippen molar-refractivity contribution in [3.63, 3.8) is 0 Å². The van der Waals surface area contributed by atoms with Crippen LogP contribution >= 0.6 is 0 Å². The molecule has 0 radical (unpaired) electrons. The lowest BCUT2D eigenvalue weighted by Gasteiger charge is -2.20. The Morgan fingerprint density at radius 2 is 2.33 bits per heavy atom. The molecule has 4 unspecified atom stereocenters. The fourth-order valence-electron chi connectivity index (χ4n) is 1.30. The highest BCUT2D eigenvalue weighted by molar-refractivity contribution is 4.99. The normalized spacial score (nSPS) is 48.2. The first-order valence-corrected chi connectivity index (χ1v) is 3.84. The lowest BCUT2D eigenvalue weighted by atomic mass is 9.96. The lowest BCUT2D eigenvalue weighted by Crippen LogP contribution is -2.41. The quantitative estimate of drug-likeness (QED) is 0.574. The topological polar surface area (TPSA) is 64.7 Å². The number of ether oxygens (including phenoxy) is 1. The Labute approximate surface area is 70.4 Å². The van der Waals surface area contributed by atoms with Crippen molar-refractivity contribution in [3.05, 3.63) is 0 Å². The van der Waals surface area contributed by atoms with Gasteiger partial charge in [0.25, 0.3) is 0 Å². The molecule has 0 bridgehead atoms. The van der Waals surface area contributed by atoms with Crippen LogP contribution in [0.4, 0.5) is 4.39 Å². The predicted octanol–water partition coefficient (Wildman–Crippen LogP) is -0.247. The molecule has 4 nitrogen and oxygen atoms in total. The van der Waals surface area contributed by atoms with Gasteiger partial charge in [0.05, 0.1) is 12.7 Å². The number of rotatable bonds is 2. The number of aliphatic hydroxyl groups is 1. The molecule has 4 atom stereocenters. The summed E-state index contributed by atoms with van der Waals surface area (Å²) in [6.07, 6.45) is -2.47. The molecule has 1 aliphatic heterocycles. The zero-order valence-corrected chi connectivity index (χ0v) is 7.16. The molecule has 1 saturated heterocycles. The molecule has 0 aromatic heterocycles. The highest BCUT2D eigenvalue weighted by Gasteiger charge is 2.51. The predicted molar refractivity (Wildman–Crippen MR) is 40.0 cm³/mol. The van der Waals surface area contributed by atoms with E-state index in [4.69, 9.17) is 10.6 Å². The van der Waals surface area contributed by atoms with Gasteiger partial charge in [0.15, 0.2) is 5.67 Å². The zero-order valence-electron chi connectivity index (χ0n) is 7.16. The number of aliphatic hydroxyl groups excluding tert-OH is 1. The molecule has 72 valence electrons. The highest BCUT2D eigenvalue weighted by atomic mass is 19.1. The van der Waals surface area contributed by atoms with Crippen LogP contribution in [0, 0.1) is 0 Å². The van der Waals surface area contributed by atoms with E-state index in [2.05, 4.69) is 4.84 Å². The summed E-state index contributed by atoms with van der Waals surface area (Å²) in [5.41, 5.74) is -1.72. The standard InChI is InChI=1S/C7H14FNO3/c1-4-7(2,8)6(10)5(12-4)3-11-9/h4-6,10H,3,9H2,1-2H3. The Bertz CT molecular complexity index is 165. The van der Waals surface area contributed by atoms with E-state index in [1.807, 2.05) is 0 Å². The van der Waals surface area contributed by atoms with Crippen molar-refractivity contribution >= 4 is 0 Å². The van der Waals surface area contributed by atoms with Gasteiger partial charge in [-0.1, -0.05) is 0 Å². The molecule has 0 aliphatic carbocycles. The maximum Gasteiger partial charge on any atom is 0.162 e. The summed E-state index contributed by atoms with van der Waals surface area (Å²) in [5.74, 6) is 4.79. The minimum absolute atomic E-state index is 0.00498. The van der Waals surface area contributed by atoms with E-state index in [9.17, 15) is 9.50 Å². The van der Waals surface area contributed by atoms with Crippen LogP contribution in [0.3, 0.4) is 0 Å². The van der Waals surface area contributed by atoms with Crippen LogP contribution in [-0.2, 0) is 9.57 Å². The third-order valence-electron chi connectivity index (χ3n) is 2.36. The Morgan fingerprint density at radius 1 is 1.75 bits per heavy atom. The van der Waals surface area contributed by atoms with E-state index in [0.717, 1.165) is 0 Å². The Balaban J connectivity index is 2.63. The summed E-state index contributed by atoms with van der Waals surface area (Å²) >= 11 is 0. The molecule has 1 aliphatic rings. The van der Waals surface area contributed by atoms with Gasteiger partial charge in [-0.15, -0.1) is 0 Å². The number of hydrogen-bond acceptors (Lipinski definition) is 4. The number of hydrogen-bond donors (Lipinski definition) is 2. The number of alkyl halides is 1. The van der Waals surface area contributed by atoms with Gasteiger partial charge in [-0.2, -0.15) is 0 Å². The van der Waals surface area contributed by atoms with E-state index in [1.165, 1.54) is 6.92 Å². The van der Waals surface area contributed by atoms with Crippen molar-refractivity contribution in [3.8, 4) is 0 Å². The highest BCUT2D eigenvalue weighted by Crippen LogP contribution is 2.33. The lowest BCUT2D eigenvalue weighted by molar-refractivity contribution is -0.0416. The molecule has 5 heteroatoms. The van der Waals surface area contributed by atoms with Crippen LogP contribution in [0.15, 0.2) is 0 Å². The van der Waals surface area contributed by atoms with Crippen molar-refractivity contribution in [2.45, 2.75) is 37.8 Å². The maximum atomic E-state index is 13.5. The fraction of sp³-hybridized carbons (Fsp3) is 1.00. The average Bonchev–Trinajstić information content (AvgIpc) is 2.17. The van der Waals surface area contributed by atoms with Gasteiger partial charge < -0.3 is 14.7 Å². The summed E-state index contributed by atoms with van der Waals surface area (Å²) in [6.45, 7) is 2.88. The van der Waals surface area contributed by atoms with E-state index < -0.39 is 24.0 Å².